The third kappa shape index (κ3) is 5.38. The second kappa shape index (κ2) is 10.4. The number of piperidine rings is 1. The van der Waals surface area contributed by atoms with E-state index in [0.29, 0.717) is 42.5 Å². The van der Waals surface area contributed by atoms with Crippen LogP contribution in [0.2, 0.25) is 0 Å². The van der Waals surface area contributed by atoms with Gasteiger partial charge < -0.3 is 9.26 Å². The number of rotatable bonds is 7. The first-order valence-corrected chi connectivity index (χ1v) is 14.5. The molecule has 1 aromatic heterocycles. The smallest absolute Gasteiger partial charge is 0.414 e. The first-order chi connectivity index (χ1) is 18.9. The monoisotopic (exact) mass is 547 g/mol. The van der Waals surface area contributed by atoms with Crippen molar-refractivity contribution in [2.24, 2.45) is 0 Å². The number of nitrogens with zero attached hydrogens (tertiary/aromatic N) is 4. The number of benzene rings is 3. The zero-order chi connectivity index (χ0) is 27.0. The molecule has 0 spiro atoms. The van der Waals surface area contributed by atoms with Crippen molar-refractivity contribution in [3.8, 4) is 11.4 Å². The molecule has 11 heteroatoms. The summed E-state index contributed by atoms with van der Waals surface area (Å²) in [6.45, 7) is 4.22. The van der Waals surface area contributed by atoms with Crippen molar-refractivity contribution in [1.82, 2.24) is 19.8 Å². The number of likely N-dealkylation sites (tertiary alicyclic amines) is 1. The number of anilines is 1. The van der Waals surface area contributed by atoms with Gasteiger partial charge in [0.2, 0.25) is 21.7 Å². The van der Waals surface area contributed by atoms with Gasteiger partial charge in [0.1, 0.15) is 6.10 Å². The van der Waals surface area contributed by atoms with Crippen LogP contribution in [0, 0.1) is 6.92 Å². The number of carbonyl (C=O) groups is 1. The Hall–Kier alpha value is -3.80. The van der Waals surface area contributed by atoms with E-state index in [1.807, 2.05) is 54.6 Å². The number of hydrogen-bond acceptors (Lipinski definition) is 8. The number of carbonyl (C=O) groups excluding carboxylic acids is 1. The average Bonchev–Trinajstić information content (AvgIpc) is 3.54. The van der Waals surface area contributed by atoms with Crippen LogP contribution in [0.1, 0.15) is 18.7 Å². The molecule has 3 aromatic carbocycles. The summed E-state index contributed by atoms with van der Waals surface area (Å²) < 4.78 is 40.0. The zero-order valence-corrected chi connectivity index (χ0v) is 22.3. The fourth-order valence-corrected chi connectivity index (χ4v) is 6.80. The number of aromatic nitrogens is 2. The van der Waals surface area contributed by atoms with E-state index in [0.717, 1.165) is 35.1 Å². The van der Waals surface area contributed by atoms with E-state index in [1.54, 1.807) is 24.0 Å². The maximum Gasteiger partial charge on any atom is 0.414 e. The molecule has 0 aliphatic carbocycles. The molecule has 0 radical (unpaired) electrons. The number of nitrogens with one attached hydrogen (secondary N) is 1. The van der Waals surface area contributed by atoms with Crippen LogP contribution in [0.15, 0.2) is 76.1 Å². The molecule has 1 amide bonds. The molecule has 3 heterocycles. The second-order valence-corrected chi connectivity index (χ2v) is 11.7. The summed E-state index contributed by atoms with van der Waals surface area (Å²) in [5.74, 6) is 0.995. The predicted octanol–water partition coefficient (Wildman–Crippen LogP) is 3.97. The van der Waals surface area contributed by atoms with Gasteiger partial charge in [-0.15, -0.1) is 0 Å². The largest absolute Gasteiger partial charge is 0.443 e. The van der Waals surface area contributed by atoms with Gasteiger partial charge in [-0.1, -0.05) is 41.6 Å². The van der Waals surface area contributed by atoms with E-state index in [-0.39, 0.29) is 18.2 Å². The molecule has 2 fully saturated rings. The van der Waals surface area contributed by atoms with Gasteiger partial charge in [-0.2, -0.15) is 4.98 Å². The summed E-state index contributed by atoms with van der Waals surface area (Å²) in [5, 5.41) is 5.54. The van der Waals surface area contributed by atoms with Gasteiger partial charge in [0.25, 0.3) is 0 Å². The number of aryl methyl sites for hydroxylation is 1. The number of fused-ring (bicyclic) bond motifs is 1. The average molecular weight is 548 g/mol. The van der Waals surface area contributed by atoms with E-state index in [1.165, 1.54) is 0 Å². The van der Waals surface area contributed by atoms with E-state index in [4.69, 9.17) is 9.26 Å². The third-order valence-electron chi connectivity index (χ3n) is 7.25. The molecule has 6 rings (SSSR count). The molecule has 202 valence electrons. The first-order valence-electron chi connectivity index (χ1n) is 13.0. The quantitative estimate of drug-likeness (QED) is 0.369. The highest BCUT2D eigenvalue weighted by Crippen LogP contribution is 2.27. The van der Waals surface area contributed by atoms with Crippen molar-refractivity contribution < 1.29 is 22.5 Å². The number of amides is 1. The number of sulfonamides is 1. The Morgan fingerprint density at radius 1 is 1.00 bits per heavy atom. The number of cyclic esters (lactones) is 1. The van der Waals surface area contributed by atoms with E-state index < -0.39 is 10.0 Å². The summed E-state index contributed by atoms with van der Waals surface area (Å²) in [4.78, 5) is 21.0. The van der Waals surface area contributed by atoms with Gasteiger partial charge in [-0.05, 0) is 61.6 Å². The summed E-state index contributed by atoms with van der Waals surface area (Å²) in [7, 11) is -3.65. The third-order valence-corrected chi connectivity index (χ3v) is 8.83. The molecule has 0 bridgehead atoms. The molecule has 4 aromatic rings. The lowest BCUT2D eigenvalue weighted by Crippen LogP contribution is -2.46. The SMILES string of the molecule is Cc1nc(-c2ccc(N3CC(CN4CCC(NS(=O)(=O)c5cccc6ccccc56)CC4)OC3=O)cc2)no1. The van der Waals surface area contributed by atoms with E-state index in [2.05, 4.69) is 19.8 Å². The Kier molecular flexibility index (Phi) is 6.79. The van der Waals surface area contributed by atoms with E-state index >= 15 is 0 Å². The van der Waals surface area contributed by atoms with Crippen molar-refractivity contribution in [3.63, 3.8) is 0 Å². The van der Waals surface area contributed by atoms with Crippen molar-refractivity contribution in [1.29, 1.82) is 0 Å². The summed E-state index contributed by atoms with van der Waals surface area (Å²) in [6, 6.07) is 20.1. The van der Waals surface area contributed by atoms with Gasteiger partial charge in [-0.25, -0.2) is 17.9 Å². The highest BCUT2D eigenvalue weighted by molar-refractivity contribution is 7.89. The molecule has 2 aliphatic heterocycles. The molecule has 2 saturated heterocycles. The van der Waals surface area contributed by atoms with Crippen LogP contribution >= 0.6 is 0 Å². The zero-order valence-electron chi connectivity index (χ0n) is 21.5. The van der Waals surface area contributed by atoms with Crippen molar-refractivity contribution in [3.05, 3.63) is 72.6 Å². The van der Waals surface area contributed by atoms with Gasteiger partial charge in [-0.3, -0.25) is 9.80 Å². The minimum absolute atomic E-state index is 0.144. The molecule has 1 N–H and O–H groups in total. The van der Waals surface area contributed by atoms with Crippen LogP contribution < -0.4 is 9.62 Å². The number of hydrogen-bond donors (Lipinski definition) is 1. The van der Waals surface area contributed by atoms with Crippen molar-refractivity contribution >= 4 is 32.6 Å². The Bertz CT molecular complexity index is 1590. The Balaban J connectivity index is 1.03. The minimum Gasteiger partial charge on any atom is -0.443 e. The molecule has 2 aliphatic rings. The molecular weight excluding hydrogens is 518 g/mol. The molecule has 1 unspecified atom stereocenters. The summed E-state index contributed by atoms with van der Waals surface area (Å²) >= 11 is 0. The Labute approximate surface area is 226 Å². The molecule has 39 heavy (non-hydrogen) atoms. The fraction of sp³-hybridized carbons (Fsp3) is 0.321. The highest BCUT2D eigenvalue weighted by Gasteiger charge is 2.35. The van der Waals surface area contributed by atoms with E-state index in [9.17, 15) is 13.2 Å². The molecular formula is C28H29N5O5S. The van der Waals surface area contributed by atoms with Crippen LogP contribution in [0.4, 0.5) is 10.5 Å². The highest BCUT2D eigenvalue weighted by atomic mass is 32.2. The van der Waals surface area contributed by atoms with Gasteiger partial charge in [0, 0.05) is 36.1 Å². The molecule has 0 saturated carbocycles. The van der Waals surface area contributed by atoms with Gasteiger partial charge >= 0.3 is 6.09 Å². The molecule has 1 atom stereocenters. The molecule has 10 nitrogen and oxygen atoms in total. The standard InChI is InChI=1S/C28H29N5O5S/c1-19-29-27(30-38-19)21-9-11-23(12-10-21)33-18-24(37-28(33)34)17-32-15-13-22(14-16-32)31-39(35,36)26-8-4-6-20-5-2-3-7-25(20)26/h2-12,22,24,31H,13-18H2,1H3. The van der Waals surface area contributed by atoms with Crippen LogP contribution in [-0.2, 0) is 14.8 Å². The number of ether oxygens (including phenoxy) is 1. The predicted molar refractivity (Wildman–Crippen MR) is 146 cm³/mol. The summed E-state index contributed by atoms with van der Waals surface area (Å²) in [6.07, 6.45) is 0.735. The summed E-state index contributed by atoms with van der Waals surface area (Å²) in [5.41, 5.74) is 1.55. The van der Waals surface area contributed by atoms with Crippen molar-refractivity contribution in [2.45, 2.75) is 36.8 Å². The normalized spacial score (nSPS) is 19.1. The van der Waals surface area contributed by atoms with Crippen LogP contribution in [0.5, 0.6) is 0 Å². The van der Waals surface area contributed by atoms with Gasteiger partial charge in [0.15, 0.2) is 0 Å². The lowest BCUT2D eigenvalue weighted by atomic mass is 10.1. The van der Waals surface area contributed by atoms with Gasteiger partial charge in [0.05, 0.1) is 11.4 Å². The Morgan fingerprint density at radius 3 is 2.49 bits per heavy atom. The minimum atomic E-state index is -3.65. The Morgan fingerprint density at radius 2 is 1.74 bits per heavy atom. The van der Waals surface area contributed by atoms with Crippen LogP contribution in [0.3, 0.4) is 0 Å². The van der Waals surface area contributed by atoms with Crippen molar-refractivity contribution in [2.75, 3.05) is 31.1 Å². The topological polar surface area (TPSA) is 118 Å². The van der Waals surface area contributed by atoms with Crippen LogP contribution in [0.25, 0.3) is 22.2 Å². The first kappa shape index (κ1) is 25.5. The lowest BCUT2D eigenvalue weighted by Gasteiger charge is -2.33. The maximum absolute atomic E-state index is 13.2. The second-order valence-electron chi connectivity index (χ2n) is 9.97. The fourth-order valence-electron chi connectivity index (χ4n) is 5.27. The van der Waals surface area contributed by atoms with Crippen LogP contribution in [-0.4, -0.2) is 67.9 Å². The maximum atomic E-state index is 13.2. The lowest BCUT2D eigenvalue weighted by molar-refractivity contribution is 0.0968.